The number of hydrogen-bond acceptors (Lipinski definition) is 6. The Morgan fingerprint density at radius 1 is 1.21 bits per heavy atom. The van der Waals surface area contributed by atoms with E-state index in [0.717, 1.165) is 45.7 Å². The molecule has 1 N–H and O–H groups in total. The molecule has 7 heteroatoms. The lowest BCUT2D eigenvalue weighted by atomic mass is 10.0. The summed E-state index contributed by atoms with van der Waals surface area (Å²) >= 11 is 0. The first-order valence-electron chi connectivity index (χ1n) is 9.22. The van der Waals surface area contributed by atoms with Gasteiger partial charge in [-0.25, -0.2) is 4.98 Å². The van der Waals surface area contributed by atoms with E-state index < -0.39 is 0 Å². The fraction of sp³-hybridized carbons (Fsp3) is 0.882. The molecular weight excluding hydrogens is 306 g/mol. The van der Waals surface area contributed by atoms with Crippen molar-refractivity contribution < 1.29 is 9.84 Å². The molecule has 2 aliphatic rings. The summed E-state index contributed by atoms with van der Waals surface area (Å²) in [4.78, 5) is 8.80. The number of hydrogen-bond donors (Lipinski definition) is 1. The highest BCUT2D eigenvalue weighted by atomic mass is 16.5. The molecule has 2 saturated heterocycles. The van der Waals surface area contributed by atoms with Crippen LogP contribution in [0.1, 0.15) is 33.1 Å². The van der Waals surface area contributed by atoms with Gasteiger partial charge in [0, 0.05) is 32.2 Å². The first kappa shape index (κ1) is 17.8. The zero-order valence-corrected chi connectivity index (χ0v) is 14.9. The molecule has 7 nitrogen and oxygen atoms in total. The number of piperidine rings is 1. The maximum atomic E-state index is 10.6. The topological polar surface area (TPSA) is 66.7 Å². The highest BCUT2D eigenvalue weighted by molar-refractivity contribution is 4.82. The second-order valence-corrected chi connectivity index (χ2v) is 7.39. The number of aromatic nitrogens is 3. The van der Waals surface area contributed by atoms with Crippen molar-refractivity contribution in [1.29, 1.82) is 0 Å². The third-order valence-corrected chi connectivity index (χ3v) is 5.02. The Kier molecular flexibility index (Phi) is 6.21. The Morgan fingerprint density at radius 2 is 2.00 bits per heavy atom. The molecule has 24 heavy (non-hydrogen) atoms. The van der Waals surface area contributed by atoms with Crippen LogP contribution in [0.5, 0.6) is 0 Å². The lowest BCUT2D eigenvalue weighted by Gasteiger charge is -2.39. The van der Waals surface area contributed by atoms with Gasteiger partial charge in [0.05, 0.1) is 24.9 Å². The van der Waals surface area contributed by atoms with E-state index >= 15 is 0 Å². The minimum atomic E-state index is -0.321. The Balaban J connectivity index is 1.50. The van der Waals surface area contributed by atoms with Gasteiger partial charge in [-0.1, -0.05) is 6.42 Å². The van der Waals surface area contributed by atoms with Crippen molar-refractivity contribution in [3.63, 3.8) is 0 Å². The van der Waals surface area contributed by atoms with E-state index in [2.05, 4.69) is 33.7 Å². The Morgan fingerprint density at radius 3 is 2.71 bits per heavy atom. The number of β-amino-alcohol motifs (C(OH)–C–C–N with tert-alkyl or cyclic N) is 1. The third kappa shape index (κ3) is 4.99. The summed E-state index contributed by atoms with van der Waals surface area (Å²) in [5.41, 5.74) is 0. The first-order chi connectivity index (χ1) is 11.6. The molecule has 0 unspecified atom stereocenters. The average molecular weight is 337 g/mol. The lowest BCUT2D eigenvalue weighted by Crippen LogP contribution is -2.51. The van der Waals surface area contributed by atoms with E-state index in [1.54, 1.807) is 12.7 Å². The summed E-state index contributed by atoms with van der Waals surface area (Å²) in [5, 5.41) is 14.8. The molecule has 1 aromatic heterocycles. The van der Waals surface area contributed by atoms with Crippen molar-refractivity contribution in [1.82, 2.24) is 24.6 Å². The van der Waals surface area contributed by atoms with Crippen molar-refractivity contribution >= 4 is 0 Å². The standard InChI is InChI=1S/C17H31N5O2/c1-14-7-20(8-15(2)24-14)10-17(23)11-21-6-4-3-5-16(21)9-22-13-18-12-19-22/h12-17,23H,3-11H2,1-2H3/t14-,15+,16-,17-/m0/s1. The Labute approximate surface area is 144 Å². The quantitative estimate of drug-likeness (QED) is 0.820. The molecule has 0 aromatic carbocycles. The molecule has 2 fully saturated rings. The van der Waals surface area contributed by atoms with Crippen LogP contribution in [0, 0.1) is 0 Å². The molecule has 136 valence electrons. The van der Waals surface area contributed by atoms with Crippen molar-refractivity contribution in [2.75, 3.05) is 32.7 Å². The van der Waals surface area contributed by atoms with Crippen molar-refractivity contribution in [2.45, 2.75) is 64.0 Å². The normalized spacial score (nSPS) is 31.2. The van der Waals surface area contributed by atoms with Gasteiger partial charge in [-0.05, 0) is 33.2 Å². The smallest absolute Gasteiger partial charge is 0.137 e. The van der Waals surface area contributed by atoms with Gasteiger partial charge in [-0.2, -0.15) is 5.10 Å². The van der Waals surface area contributed by atoms with Crippen LogP contribution in [0.25, 0.3) is 0 Å². The molecule has 0 amide bonds. The summed E-state index contributed by atoms with van der Waals surface area (Å²) in [6.07, 6.45) is 7.17. The van der Waals surface area contributed by atoms with E-state index in [9.17, 15) is 5.11 Å². The van der Waals surface area contributed by atoms with Gasteiger partial charge in [-0.15, -0.1) is 0 Å². The van der Waals surface area contributed by atoms with Gasteiger partial charge in [0.25, 0.3) is 0 Å². The second kappa shape index (κ2) is 8.38. The SMILES string of the molecule is C[C@@H]1CN(C[C@H](O)CN2CCCC[C@H]2Cn2cncn2)C[C@H](C)O1. The maximum Gasteiger partial charge on any atom is 0.137 e. The molecular formula is C17H31N5O2. The average Bonchev–Trinajstić information content (AvgIpc) is 3.01. The molecule has 4 atom stereocenters. The largest absolute Gasteiger partial charge is 0.390 e. The summed E-state index contributed by atoms with van der Waals surface area (Å²) in [6, 6.07) is 0.442. The Hall–Kier alpha value is -1.02. The number of morpholine rings is 1. The van der Waals surface area contributed by atoms with Crippen LogP contribution in [0.15, 0.2) is 12.7 Å². The lowest BCUT2D eigenvalue weighted by molar-refractivity contribution is -0.0792. The number of aliphatic hydroxyl groups excluding tert-OH is 1. The van der Waals surface area contributed by atoms with Crippen molar-refractivity contribution in [2.24, 2.45) is 0 Å². The first-order valence-corrected chi connectivity index (χ1v) is 9.22. The Bertz CT molecular complexity index is 473. The number of aliphatic hydroxyl groups is 1. The number of likely N-dealkylation sites (tertiary alicyclic amines) is 1. The minimum Gasteiger partial charge on any atom is -0.390 e. The summed E-state index contributed by atoms with van der Waals surface area (Å²) < 4.78 is 7.68. The van der Waals surface area contributed by atoms with Gasteiger partial charge in [-0.3, -0.25) is 14.5 Å². The second-order valence-electron chi connectivity index (χ2n) is 7.39. The third-order valence-electron chi connectivity index (χ3n) is 5.02. The molecule has 0 aliphatic carbocycles. The summed E-state index contributed by atoms with van der Waals surface area (Å²) in [6.45, 7) is 9.41. The molecule has 1 aromatic rings. The maximum absolute atomic E-state index is 10.6. The van der Waals surface area contributed by atoms with E-state index in [4.69, 9.17) is 4.74 Å². The van der Waals surface area contributed by atoms with Gasteiger partial charge in [0.15, 0.2) is 0 Å². The van der Waals surface area contributed by atoms with Crippen LogP contribution >= 0.6 is 0 Å². The van der Waals surface area contributed by atoms with Crippen LogP contribution in [0.2, 0.25) is 0 Å². The number of rotatable bonds is 6. The number of ether oxygens (including phenoxy) is 1. The zero-order chi connectivity index (χ0) is 16.9. The van der Waals surface area contributed by atoms with Crippen LogP contribution in [-0.2, 0) is 11.3 Å². The van der Waals surface area contributed by atoms with E-state index in [1.165, 1.54) is 12.8 Å². The van der Waals surface area contributed by atoms with Gasteiger partial charge >= 0.3 is 0 Å². The van der Waals surface area contributed by atoms with Crippen molar-refractivity contribution in [3.8, 4) is 0 Å². The predicted molar refractivity (Wildman–Crippen MR) is 91.7 cm³/mol. The molecule has 0 spiro atoms. The van der Waals surface area contributed by atoms with E-state index in [-0.39, 0.29) is 18.3 Å². The van der Waals surface area contributed by atoms with Gasteiger partial charge < -0.3 is 9.84 Å². The van der Waals surface area contributed by atoms with Crippen LogP contribution in [0.3, 0.4) is 0 Å². The van der Waals surface area contributed by atoms with E-state index in [1.807, 2.05) is 4.68 Å². The molecule has 0 saturated carbocycles. The van der Waals surface area contributed by atoms with Crippen LogP contribution < -0.4 is 0 Å². The molecule has 0 bridgehead atoms. The fourth-order valence-electron chi connectivity index (χ4n) is 4.11. The summed E-state index contributed by atoms with van der Waals surface area (Å²) in [7, 11) is 0. The van der Waals surface area contributed by atoms with Gasteiger partial charge in [0.2, 0.25) is 0 Å². The predicted octanol–water partition coefficient (Wildman–Crippen LogP) is 0.603. The van der Waals surface area contributed by atoms with E-state index in [0.29, 0.717) is 6.04 Å². The molecule has 0 radical (unpaired) electrons. The van der Waals surface area contributed by atoms with Gasteiger partial charge in [0.1, 0.15) is 12.7 Å². The molecule has 2 aliphatic heterocycles. The van der Waals surface area contributed by atoms with Crippen molar-refractivity contribution in [3.05, 3.63) is 12.7 Å². The monoisotopic (exact) mass is 337 g/mol. The number of nitrogens with zero attached hydrogens (tertiary/aromatic N) is 5. The van der Waals surface area contributed by atoms with Crippen LogP contribution in [0.4, 0.5) is 0 Å². The highest BCUT2D eigenvalue weighted by Gasteiger charge is 2.28. The highest BCUT2D eigenvalue weighted by Crippen LogP contribution is 2.19. The minimum absolute atomic E-state index is 0.246. The summed E-state index contributed by atoms with van der Waals surface area (Å²) in [5.74, 6) is 0. The van der Waals surface area contributed by atoms with Crippen LogP contribution in [-0.4, -0.2) is 86.7 Å². The zero-order valence-electron chi connectivity index (χ0n) is 14.9. The molecule has 3 rings (SSSR count). The molecule has 3 heterocycles. The fourth-order valence-corrected chi connectivity index (χ4v) is 4.11.